The smallest absolute Gasteiger partial charge is 0.226 e. The highest BCUT2D eigenvalue weighted by Gasteiger charge is 2.26. The highest BCUT2D eigenvalue weighted by molar-refractivity contribution is 5.89. The number of methoxy groups -OCH3 is 3. The predicted molar refractivity (Wildman–Crippen MR) is 117 cm³/mol. The van der Waals surface area contributed by atoms with Crippen LogP contribution in [-0.2, 0) is 4.79 Å². The normalized spacial score (nSPS) is 14.7. The minimum absolute atomic E-state index is 0.127. The number of hydrogen-bond acceptors (Lipinski definition) is 7. The molecular weight excluding hydrogens is 398 g/mol. The van der Waals surface area contributed by atoms with Gasteiger partial charge in [-0.15, -0.1) is 0 Å². The Kier molecular flexibility index (Phi) is 5.48. The molecule has 0 spiro atoms. The van der Waals surface area contributed by atoms with Crippen molar-refractivity contribution >= 4 is 23.2 Å². The molecule has 0 saturated heterocycles. The second kappa shape index (κ2) is 8.39. The molecule has 0 aliphatic carbocycles. The fourth-order valence-corrected chi connectivity index (χ4v) is 3.58. The summed E-state index contributed by atoms with van der Waals surface area (Å²) in [7, 11) is 4.73. The number of nitrogens with one attached hydrogen (secondary N) is 2. The van der Waals surface area contributed by atoms with Crippen molar-refractivity contribution < 1.29 is 19.0 Å². The predicted octanol–water partition coefficient (Wildman–Crippen LogP) is 3.32. The molecule has 9 nitrogen and oxygen atoms in total. The lowest BCUT2D eigenvalue weighted by Gasteiger charge is -2.25. The summed E-state index contributed by atoms with van der Waals surface area (Å²) in [6.45, 7) is 1.48. The molecule has 9 heteroatoms. The number of ether oxygens (including phenoxy) is 3. The van der Waals surface area contributed by atoms with Crippen molar-refractivity contribution in [3.8, 4) is 17.2 Å². The molecule has 1 amide bonds. The van der Waals surface area contributed by atoms with E-state index in [1.54, 1.807) is 26.0 Å². The topological polar surface area (TPSA) is 99.5 Å². The van der Waals surface area contributed by atoms with Crippen LogP contribution in [0.25, 0.3) is 5.70 Å². The Bertz CT molecular complexity index is 1130. The van der Waals surface area contributed by atoms with Gasteiger partial charge >= 0.3 is 0 Å². The lowest BCUT2D eigenvalue weighted by Crippen LogP contribution is -2.20. The molecule has 31 heavy (non-hydrogen) atoms. The van der Waals surface area contributed by atoms with E-state index < -0.39 is 0 Å². The number of nitrogens with zero attached hydrogens (tertiary/aromatic N) is 3. The zero-order valence-electron chi connectivity index (χ0n) is 17.7. The Morgan fingerprint density at radius 2 is 1.84 bits per heavy atom. The number of carbonyl (C=O) groups excluding carboxylic acids is 1. The summed E-state index contributed by atoms with van der Waals surface area (Å²) in [6.07, 6.45) is 3.53. The molecule has 1 aliphatic rings. The van der Waals surface area contributed by atoms with E-state index in [9.17, 15) is 4.79 Å². The summed E-state index contributed by atoms with van der Waals surface area (Å²) >= 11 is 0. The quantitative estimate of drug-likeness (QED) is 0.630. The molecule has 0 bridgehead atoms. The first kappa shape index (κ1) is 20.3. The largest absolute Gasteiger partial charge is 0.493 e. The summed E-state index contributed by atoms with van der Waals surface area (Å²) in [5.41, 5.74) is 3.34. The fourth-order valence-electron chi connectivity index (χ4n) is 3.58. The van der Waals surface area contributed by atoms with Gasteiger partial charge in [-0.2, -0.15) is 10.1 Å². The van der Waals surface area contributed by atoms with Crippen molar-refractivity contribution in [2.45, 2.75) is 13.0 Å². The summed E-state index contributed by atoms with van der Waals surface area (Å²) in [4.78, 5) is 15.8. The maximum absolute atomic E-state index is 11.4. The van der Waals surface area contributed by atoms with Crippen LogP contribution in [0.4, 0.5) is 11.6 Å². The minimum atomic E-state index is -0.271. The number of anilines is 2. The van der Waals surface area contributed by atoms with Gasteiger partial charge in [0, 0.05) is 18.3 Å². The maximum Gasteiger partial charge on any atom is 0.226 e. The van der Waals surface area contributed by atoms with Crippen molar-refractivity contribution in [1.82, 2.24) is 14.8 Å². The van der Waals surface area contributed by atoms with E-state index in [-0.39, 0.29) is 11.9 Å². The van der Waals surface area contributed by atoms with Crippen molar-refractivity contribution in [3.63, 3.8) is 0 Å². The molecule has 2 N–H and O–H groups in total. The highest BCUT2D eigenvalue weighted by Crippen LogP contribution is 2.42. The molecular formula is C22H23N5O4. The van der Waals surface area contributed by atoms with Gasteiger partial charge in [0.1, 0.15) is 12.4 Å². The second-order valence-electron chi connectivity index (χ2n) is 6.90. The van der Waals surface area contributed by atoms with Gasteiger partial charge in [0.25, 0.3) is 0 Å². The number of carbonyl (C=O) groups is 1. The Labute approximate surface area is 179 Å². The number of amides is 1. The monoisotopic (exact) mass is 421 g/mol. The number of hydrogen-bond donors (Lipinski definition) is 2. The van der Waals surface area contributed by atoms with Crippen molar-refractivity contribution in [1.29, 1.82) is 0 Å². The van der Waals surface area contributed by atoms with Crippen LogP contribution in [-0.4, -0.2) is 42.0 Å². The Hall–Kier alpha value is -4.01. The second-order valence-corrected chi connectivity index (χ2v) is 6.90. The van der Waals surface area contributed by atoms with Gasteiger partial charge in [0.15, 0.2) is 11.5 Å². The maximum atomic E-state index is 11.4. The van der Waals surface area contributed by atoms with Crippen LogP contribution < -0.4 is 24.8 Å². The molecule has 0 unspecified atom stereocenters. The summed E-state index contributed by atoms with van der Waals surface area (Å²) in [5, 5.41) is 10.5. The Morgan fingerprint density at radius 3 is 2.48 bits per heavy atom. The molecule has 0 fully saturated rings. The summed E-state index contributed by atoms with van der Waals surface area (Å²) < 4.78 is 18.3. The number of allylic oxidation sites excluding steroid dienone is 1. The first-order chi connectivity index (χ1) is 15.0. The molecule has 0 saturated carbocycles. The van der Waals surface area contributed by atoms with E-state index in [0.717, 1.165) is 16.8 Å². The minimum Gasteiger partial charge on any atom is -0.493 e. The van der Waals surface area contributed by atoms with Gasteiger partial charge in [-0.25, -0.2) is 4.68 Å². The molecule has 1 atom stereocenters. The SMILES string of the molecule is COc1cc([C@@H]2C=C(c3cccc(NC(C)=O)c3)Nc3ncnn32)cc(OC)c1OC. The molecule has 1 aromatic heterocycles. The average Bonchev–Trinajstić information content (AvgIpc) is 3.25. The molecule has 0 radical (unpaired) electrons. The third kappa shape index (κ3) is 3.89. The first-order valence-electron chi connectivity index (χ1n) is 9.60. The van der Waals surface area contributed by atoms with E-state index in [1.165, 1.54) is 13.3 Å². The lowest BCUT2D eigenvalue weighted by molar-refractivity contribution is -0.114. The third-order valence-electron chi connectivity index (χ3n) is 4.93. The fraction of sp³-hybridized carbons (Fsp3) is 0.227. The van der Waals surface area contributed by atoms with Gasteiger partial charge in [-0.1, -0.05) is 12.1 Å². The summed E-state index contributed by atoms with van der Waals surface area (Å²) in [6, 6.07) is 11.1. The van der Waals surface area contributed by atoms with Crippen molar-refractivity contribution in [2.24, 2.45) is 0 Å². The highest BCUT2D eigenvalue weighted by atomic mass is 16.5. The van der Waals surface area contributed by atoms with Crippen LogP contribution in [0, 0.1) is 0 Å². The molecule has 2 aromatic carbocycles. The van der Waals surface area contributed by atoms with Crippen LogP contribution in [0.5, 0.6) is 17.2 Å². The molecule has 4 rings (SSSR count). The number of rotatable bonds is 6. The van der Waals surface area contributed by atoms with Gasteiger partial charge in [-0.05, 0) is 41.5 Å². The molecule has 3 aromatic rings. The van der Waals surface area contributed by atoms with Gasteiger partial charge < -0.3 is 24.8 Å². The van der Waals surface area contributed by atoms with Crippen LogP contribution in [0.1, 0.15) is 24.1 Å². The van der Waals surface area contributed by atoms with Gasteiger partial charge in [0.05, 0.1) is 21.3 Å². The van der Waals surface area contributed by atoms with Crippen LogP contribution in [0.15, 0.2) is 48.8 Å². The van der Waals surface area contributed by atoms with Gasteiger partial charge in [-0.3, -0.25) is 4.79 Å². The van der Waals surface area contributed by atoms with E-state index in [1.807, 2.05) is 42.5 Å². The van der Waals surface area contributed by atoms with E-state index in [2.05, 4.69) is 20.7 Å². The van der Waals surface area contributed by atoms with E-state index in [0.29, 0.717) is 28.9 Å². The Morgan fingerprint density at radius 1 is 1.10 bits per heavy atom. The average molecular weight is 421 g/mol. The van der Waals surface area contributed by atoms with Crippen molar-refractivity contribution in [2.75, 3.05) is 32.0 Å². The standard InChI is InChI=1S/C22H23N5O4/c1-13(28)25-16-7-5-6-14(8-16)17-11-18(27-22(26-17)23-12-24-27)15-9-19(29-2)21(31-4)20(10-15)30-3/h5-12,18H,1-4H3,(H,25,28)(H,23,24,26)/t18-/m0/s1. The third-order valence-corrected chi connectivity index (χ3v) is 4.93. The van der Waals surface area contributed by atoms with E-state index in [4.69, 9.17) is 14.2 Å². The van der Waals surface area contributed by atoms with E-state index >= 15 is 0 Å². The zero-order valence-corrected chi connectivity index (χ0v) is 17.7. The number of benzene rings is 2. The molecule has 1 aliphatic heterocycles. The van der Waals surface area contributed by atoms with Crippen LogP contribution >= 0.6 is 0 Å². The first-order valence-corrected chi connectivity index (χ1v) is 9.60. The number of aromatic nitrogens is 3. The number of fused-ring (bicyclic) bond motifs is 1. The molecule has 2 heterocycles. The van der Waals surface area contributed by atoms with Crippen LogP contribution in [0.3, 0.4) is 0 Å². The lowest BCUT2D eigenvalue weighted by atomic mass is 10.0. The van der Waals surface area contributed by atoms with Crippen molar-refractivity contribution in [3.05, 3.63) is 59.9 Å². The van der Waals surface area contributed by atoms with Gasteiger partial charge in [0.2, 0.25) is 17.6 Å². The zero-order chi connectivity index (χ0) is 22.0. The summed E-state index contributed by atoms with van der Waals surface area (Å²) in [5.74, 6) is 2.10. The molecule has 160 valence electrons. The van der Waals surface area contributed by atoms with Crippen LogP contribution in [0.2, 0.25) is 0 Å². The Balaban J connectivity index is 1.81.